The number of ketones is 1. The molecule has 1 aromatic heterocycles. The molecule has 3 unspecified atom stereocenters. The molecule has 0 radical (unpaired) electrons. The number of Topliss-reactive ketones (excluding diaryl/α,β-unsaturated/α-hetero) is 1. The van der Waals surface area contributed by atoms with Gasteiger partial charge in [0.2, 0.25) is 11.8 Å². The standard InChI is InChI=1S/C26H32ClN5O4S/c1-31(2)26(36)16-6-9-18(28-23(34)13-21(33)15-4-7-17(27)8-5-15)20(12-16)29-24(35)25-30-19-10-11-32(3)14-22(19)37-25/h4-5,7-8,16,18,20H,6,9-14H2,1-3H3,(H,28,34)(H,29,35). The van der Waals surface area contributed by atoms with Crippen LogP contribution in [0.15, 0.2) is 24.3 Å². The Balaban J connectivity index is 1.45. The second kappa shape index (κ2) is 11.7. The van der Waals surface area contributed by atoms with Crippen molar-refractivity contribution in [2.45, 2.75) is 50.7 Å². The first-order valence-electron chi connectivity index (χ1n) is 12.4. The van der Waals surface area contributed by atoms with Crippen molar-refractivity contribution in [3.8, 4) is 0 Å². The van der Waals surface area contributed by atoms with Crippen molar-refractivity contribution < 1.29 is 19.2 Å². The van der Waals surface area contributed by atoms with Crippen LogP contribution in [0.25, 0.3) is 0 Å². The summed E-state index contributed by atoms with van der Waals surface area (Å²) in [5.41, 5.74) is 1.37. The smallest absolute Gasteiger partial charge is 0.280 e. The largest absolute Gasteiger partial charge is 0.351 e. The first-order chi connectivity index (χ1) is 17.6. The molecular formula is C26H32ClN5O4S. The van der Waals surface area contributed by atoms with Crippen molar-refractivity contribution in [2.24, 2.45) is 5.92 Å². The predicted molar refractivity (Wildman–Crippen MR) is 142 cm³/mol. The van der Waals surface area contributed by atoms with Gasteiger partial charge in [-0.3, -0.25) is 19.2 Å². The maximum atomic E-state index is 13.2. The van der Waals surface area contributed by atoms with Crippen LogP contribution in [0.2, 0.25) is 5.02 Å². The van der Waals surface area contributed by atoms with E-state index < -0.39 is 18.0 Å². The lowest BCUT2D eigenvalue weighted by Gasteiger charge is -2.37. The molecule has 2 aliphatic rings. The second-order valence-corrected chi connectivity index (χ2v) is 11.5. The first-order valence-corrected chi connectivity index (χ1v) is 13.6. The Bertz CT molecular complexity index is 1180. The van der Waals surface area contributed by atoms with Crippen molar-refractivity contribution >= 4 is 46.4 Å². The van der Waals surface area contributed by atoms with Gasteiger partial charge in [0, 0.05) is 61.0 Å². The Morgan fingerprint density at radius 1 is 1.11 bits per heavy atom. The molecule has 11 heteroatoms. The Morgan fingerprint density at radius 2 is 1.84 bits per heavy atom. The van der Waals surface area contributed by atoms with E-state index in [-0.39, 0.29) is 29.9 Å². The molecule has 9 nitrogen and oxygen atoms in total. The minimum Gasteiger partial charge on any atom is -0.351 e. The molecule has 37 heavy (non-hydrogen) atoms. The minimum atomic E-state index is -0.465. The average Bonchev–Trinajstić information content (AvgIpc) is 3.28. The van der Waals surface area contributed by atoms with Crippen LogP contribution in [0.4, 0.5) is 0 Å². The number of benzene rings is 1. The number of amides is 3. The molecular weight excluding hydrogens is 514 g/mol. The summed E-state index contributed by atoms with van der Waals surface area (Å²) >= 11 is 7.27. The van der Waals surface area contributed by atoms with Gasteiger partial charge < -0.3 is 20.4 Å². The van der Waals surface area contributed by atoms with Crippen molar-refractivity contribution in [1.29, 1.82) is 0 Å². The SMILES string of the molecule is CN1CCc2nc(C(=O)NC3CC(C(=O)N(C)C)CCC3NC(=O)CC(=O)c3ccc(Cl)cc3)sc2C1. The van der Waals surface area contributed by atoms with Crippen molar-refractivity contribution in [3.05, 3.63) is 50.4 Å². The summed E-state index contributed by atoms with van der Waals surface area (Å²) in [5.74, 6) is -1.31. The maximum absolute atomic E-state index is 13.2. The number of hydrogen-bond donors (Lipinski definition) is 2. The molecule has 2 N–H and O–H groups in total. The van der Waals surface area contributed by atoms with Crippen LogP contribution in [-0.2, 0) is 22.6 Å². The van der Waals surface area contributed by atoms with E-state index in [2.05, 4.69) is 20.5 Å². The van der Waals surface area contributed by atoms with Gasteiger partial charge in [0.05, 0.1) is 18.2 Å². The summed E-state index contributed by atoms with van der Waals surface area (Å²) in [6.07, 6.45) is 1.98. The summed E-state index contributed by atoms with van der Waals surface area (Å²) in [5, 5.41) is 6.87. The Kier molecular flexibility index (Phi) is 8.61. The van der Waals surface area contributed by atoms with Gasteiger partial charge in [0.25, 0.3) is 5.91 Å². The van der Waals surface area contributed by atoms with Gasteiger partial charge in [-0.2, -0.15) is 0 Å². The van der Waals surface area contributed by atoms with Crippen molar-refractivity contribution in [1.82, 2.24) is 25.4 Å². The Morgan fingerprint density at radius 3 is 2.54 bits per heavy atom. The van der Waals surface area contributed by atoms with Crippen LogP contribution in [0.1, 0.15) is 56.4 Å². The van der Waals surface area contributed by atoms with Crippen molar-refractivity contribution in [3.63, 3.8) is 0 Å². The molecule has 1 aliphatic carbocycles. The highest BCUT2D eigenvalue weighted by atomic mass is 35.5. The molecule has 3 amide bonds. The molecule has 1 saturated carbocycles. The number of carbonyl (C=O) groups excluding carboxylic acids is 4. The van der Waals surface area contributed by atoms with Gasteiger partial charge in [-0.1, -0.05) is 11.6 Å². The van der Waals surface area contributed by atoms with E-state index in [1.807, 2.05) is 7.05 Å². The first kappa shape index (κ1) is 27.2. The topological polar surface area (TPSA) is 112 Å². The molecule has 2 aromatic rings. The Hall–Kier alpha value is -2.82. The monoisotopic (exact) mass is 545 g/mol. The molecule has 0 bridgehead atoms. The van der Waals surface area contributed by atoms with Crippen LogP contribution < -0.4 is 10.6 Å². The van der Waals surface area contributed by atoms with Gasteiger partial charge in [0.1, 0.15) is 0 Å². The summed E-state index contributed by atoms with van der Waals surface area (Å²) < 4.78 is 0. The van der Waals surface area contributed by atoms with E-state index in [4.69, 9.17) is 11.6 Å². The number of halogens is 1. The van der Waals surface area contributed by atoms with Crippen LogP contribution in [-0.4, -0.2) is 78.1 Å². The number of hydrogen-bond acceptors (Lipinski definition) is 7. The number of rotatable bonds is 7. The average molecular weight is 546 g/mol. The third-order valence-corrected chi connectivity index (χ3v) is 8.24. The zero-order chi connectivity index (χ0) is 26.7. The van der Waals surface area contributed by atoms with Gasteiger partial charge in [-0.15, -0.1) is 11.3 Å². The highest BCUT2D eigenvalue weighted by Crippen LogP contribution is 2.28. The molecule has 1 aromatic carbocycles. The van der Waals surface area contributed by atoms with E-state index in [1.54, 1.807) is 43.3 Å². The molecule has 2 heterocycles. The minimum absolute atomic E-state index is 0.00492. The predicted octanol–water partition coefficient (Wildman–Crippen LogP) is 2.53. The van der Waals surface area contributed by atoms with E-state index >= 15 is 0 Å². The van der Waals surface area contributed by atoms with Crippen LogP contribution in [0.5, 0.6) is 0 Å². The highest BCUT2D eigenvalue weighted by Gasteiger charge is 2.37. The molecule has 0 spiro atoms. The maximum Gasteiger partial charge on any atom is 0.280 e. The number of aromatic nitrogens is 1. The van der Waals surface area contributed by atoms with Gasteiger partial charge >= 0.3 is 0 Å². The molecule has 3 atom stereocenters. The summed E-state index contributed by atoms with van der Waals surface area (Å²) in [6.45, 7) is 1.67. The quantitative estimate of drug-likeness (QED) is 0.408. The molecule has 0 saturated heterocycles. The highest BCUT2D eigenvalue weighted by molar-refractivity contribution is 7.13. The lowest BCUT2D eigenvalue weighted by molar-refractivity contribution is -0.134. The third kappa shape index (κ3) is 6.74. The number of fused-ring (bicyclic) bond motifs is 1. The molecule has 1 fully saturated rings. The molecule has 4 rings (SSSR count). The summed E-state index contributed by atoms with van der Waals surface area (Å²) in [7, 11) is 5.46. The number of carbonyl (C=O) groups is 4. The summed E-state index contributed by atoms with van der Waals surface area (Å²) in [6, 6.07) is 5.52. The van der Waals surface area contributed by atoms with E-state index in [0.29, 0.717) is 34.9 Å². The third-order valence-electron chi connectivity index (χ3n) is 6.91. The van der Waals surface area contributed by atoms with Crippen LogP contribution in [0, 0.1) is 5.92 Å². The van der Waals surface area contributed by atoms with E-state index in [0.717, 1.165) is 30.1 Å². The molecule has 1 aliphatic heterocycles. The fourth-order valence-corrected chi connectivity index (χ4v) is 6.10. The number of likely N-dealkylation sites (N-methyl/N-ethyl adjacent to an activating group) is 1. The fraction of sp³-hybridized carbons (Fsp3) is 0.500. The number of thiazole rings is 1. The zero-order valence-corrected chi connectivity index (χ0v) is 22.8. The second-order valence-electron chi connectivity index (χ2n) is 9.98. The van der Waals surface area contributed by atoms with Crippen LogP contribution in [0.3, 0.4) is 0 Å². The van der Waals surface area contributed by atoms with Gasteiger partial charge in [0.15, 0.2) is 10.8 Å². The van der Waals surface area contributed by atoms with Crippen LogP contribution >= 0.6 is 22.9 Å². The number of nitrogens with one attached hydrogen (secondary N) is 2. The molecule has 198 valence electrons. The van der Waals surface area contributed by atoms with Gasteiger partial charge in [-0.05, 0) is 50.6 Å². The number of nitrogens with zero attached hydrogens (tertiary/aromatic N) is 3. The lowest BCUT2D eigenvalue weighted by atomic mass is 9.81. The van der Waals surface area contributed by atoms with E-state index in [9.17, 15) is 19.2 Å². The lowest BCUT2D eigenvalue weighted by Crippen LogP contribution is -2.56. The van der Waals surface area contributed by atoms with Crippen molar-refractivity contribution in [2.75, 3.05) is 27.7 Å². The Labute approximate surface area is 225 Å². The summed E-state index contributed by atoms with van der Waals surface area (Å²) in [4.78, 5) is 60.6. The zero-order valence-electron chi connectivity index (χ0n) is 21.3. The normalized spacial score (nSPS) is 21.6. The van der Waals surface area contributed by atoms with Gasteiger partial charge in [-0.25, -0.2) is 4.98 Å². The van der Waals surface area contributed by atoms with E-state index in [1.165, 1.54) is 11.3 Å². The fourth-order valence-electron chi connectivity index (χ4n) is 4.88.